The lowest BCUT2D eigenvalue weighted by Gasteiger charge is -2.14. The Balaban J connectivity index is 2.94. The van der Waals surface area contributed by atoms with Gasteiger partial charge < -0.3 is 10.5 Å². The van der Waals surface area contributed by atoms with Crippen molar-refractivity contribution in [3.63, 3.8) is 0 Å². The number of nitrogens with two attached hydrogens (primary N) is 1. The fraction of sp³-hybridized carbons (Fsp3) is 0.417. The number of nitrogens with zero attached hydrogens (tertiary/aromatic N) is 1. The SMILES string of the molecule is CC(N)Cc1cc(F)ccc1OC(C)C#N. The van der Waals surface area contributed by atoms with Crippen LogP contribution >= 0.6 is 0 Å². The van der Waals surface area contributed by atoms with Crippen LogP contribution in [0.1, 0.15) is 19.4 Å². The van der Waals surface area contributed by atoms with Crippen molar-refractivity contribution in [2.24, 2.45) is 5.73 Å². The van der Waals surface area contributed by atoms with Crippen molar-refractivity contribution in [1.82, 2.24) is 0 Å². The molecule has 0 aromatic heterocycles. The van der Waals surface area contributed by atoms with Gasteiger partial charge in [0, 0.05) is 6.04 Å². The fourth-order valence-corrected chi connectivity index (χ4v) is 1.39. The van der Waals surface area contributed by atoms with Crippen molar-refractivity contribution >= 4 is 0 Å². The Bertz CT molecular complexity index is 398. The van der Waals surface area contributed by atoms with Gasteiger partial charge in [-0.15, -0.1) is 0 Å². The van der Waals surface area contributed by atoms with Gasteiger partial charge in [0.1, 0.15) is 17.6 Å². The normalized spacial score (nSPS) is 13.9. The second kappa shape index (κ2) is 5.47. The van der Waals surface area contributed by atoms with E-state index in [-0.39, 0.29) is 11.9 Å². The number of benzene rings is 1. The van der Waals surface area contributed by atoms with E-state index in [1.165, 1.54) is 18.2 Å². The molecule has 0 fully saturated rings. The van der Waals surface area contributed by atoms with Gasteiger partial charge in [-0.05, 0) is 44.0 Å². The summed E-state index contributed by atoms with van der Waals surface area (Å²) in [7, 11) is 0. The summed E-state index contributed by atoms with van der Waals surface area (Å²) in [5.41, 5.74) is 6.36. The van der Waals surface area contributed by atoms with Crippen molar-refractivity contribution in [1.29, 1.82) is 5.26 Å². The van der Waals surface area contributed by atoms with E-state index in [1.54, 1.807) is 6.92 Å². The number of ether oxygens (including phenoxy) is 1. The second-order valence-corrected chi connectivity index (χ2v) is 3.82. The van der Waals surface area contributed by atoms with Crippen LogP contribution in [0.3, 0.4) is 0 Å². The number of nitriles is 1. The Hall–Kier alpha value is -1.60. The molecule has 0 radical (unpaired) electrons. The van der Waals surface area contributed by atoms with Crippen molar-refractivity contribution in [3.05, 3.63) is 29.6 Å². The van der Waals surface area contributed by atoms with Crippen LogP contribution in [0.15, 0.2) is 18.2 Å². The van der Waals surface area contributed by atoms with Gasteiger partial charge in [0.2, 0.25) is 0 Å². The summed E-state index contributed by atoms with van der Waals surface area (Å²) in [5.74, 6) is 0.195. The molecule has 0 saturated heterocycles. The van der Waals surface area contributed by atoms with Crippen LogP contribution in [-0.2, 0) is 6.42 Å². The first-order valence-corrected chi connectivity index (χ1v) is 5.13. The van der Waals surface area contributed by atoms with Crippen LogP contribution in [0.5, 0.6) is 5.75 Å². The summed E-state index contributed by atoms with van der Waals surface area (Å²) >= 11 is 0. The molecule has 2 unspecified atom stereocenters. The molecule has 0 heterocycles. The predicted octanol–water partition coefficient (Wildman–Crippen LogP) is 2.01. The first-order chi connectivity index (χ1) is 7.52. The number of halogens is 1. The highest BCUT2D eigenvalue weighted by molar-refractivity contribution is 5.35. The smallest absolute Gasteiger partial charge is 0.181 e. The predicted molar refractivity (Wildman–Crippen MR) is 59.5 cm³/mol. The fourth-order valence-electron chi connectivity index (χ4n) is 1.39. The van der Waals surface area contributed by atoms with Crippen molar-refractivity contribution in [2.45, 2.75) is 32.4 Å². The van der Waals surface area contributed by atoms with Gasteiger partial charge in [-0.25, -0.2) is 4.39 Å². The lowest BCUT2D eigenvalue weighted by molar-refractivity contribution is 0.272. The van der Waals surface area contributed by atoms with Gasteiger partial charge in [0.05, 0.1) is 0 Å². The van der Waals surface area contributed by atoms with Gasteiger partial charge in [0.15, 0.2) is 6.10 Å². The van der Waals surface area contributed by atoms with Gasteiger partial charge in [-0.1, -0.05) is 0 Å². The largest absolute Gasteiger partial charge is 0.476 e. The summed E-state index contributed by atoms with van der Waals surface area (Å²) in [6.07, 6.45) is -0.0390. The lowest BCUT2D eigenvalue weighted by Crippen LogP contribution is -2.19. The van der Waals surface area contributed by atoms with E-state index < -0.39 is 6.10 Å². The molecule has 0 spiro atoms. The maximum absolute atomic E-state index is 13.1. The molecule has 4 heteroatoms. The molecule has 1 aromatic carbocycles. The quantitative estimate of drug-likeness (QED) is 0.847. The van der Waals surface area contributed by atoms with E-state index in [2.05, 4.69) is 0 Å². The van der Waals surface area contributed by atoms with E-state index >= 15 is 0 Å². The third kappa shape index (κ3) is 3.52. The molecule has 1 aromatic rings. The monoisotopic (exact) mass is 222 g/mol. The zero-order valence-corrected chi connectivity index (χ0v) is 9.40. The lowest BCUT2D eigenvalue weighted by atomic mass is 10.1. The molecule has 0 aliphatic rings. The molecule has 16 heavy (non-hydrogen) atoms. The Labute approximate surface area is 94.6 Å². The van der Waals surface area contributed by atoms with E-state index in [1.807, 2.05) is 13.0 Å². The molecule has 2 N–H and O–H groups in total. The Morgan fingerprint density at radius 2 is 2.19 bits per heavy atom. The first-order valence-electron chi connectivity index (χ1n) is 5.13. The van der Waals surface area contributed by atoms with Crippen LogP contribution < -0.4 is 10.5 Å². The number of rotatable bonds is 4. The zero-order chi connectivity index (χ0) is 12.1. The van der Waals surface area contributed by atoms with Gasteiger partial charge in [0.25, 0.3) is 0 Å². The molecule has 0 bridgehead atoms. The second-order valence-electron chi connectivity index (χ2n) is 3.82. The van der Waals surface area contributed by atoms with E-state index in [0.717, 1.165) is 0 Å². The van der Waals surface area contributed by atoms with Gasteiger partial charge in [-0.2, -0.15) is 5.26 Å². The molecule has 0 amide bonds. The maximum Gasteiger partial charge on any atom is 0.181 e. The van der Waals surface area contributed by atoms with Crippen LogP contribution in [0.25, 0.3) is 0 Å². The minimum atomic E-state index is -0.558. The highest BCUT2D eigenvalue weighted by atomic mass is 19.1. The molecule has 3 nitrogen and oxygen atoms in total. The molecule has 86 valence electrons. The average molecular weight is 222 g/mol. The zero-order valence-electron chi connectivity index (χ0n) is 9.40. The number of hydrogen-bond donors (Lipinski definition) is 1. The molecule has 1 rings (SSSR count). The summed E-state index contributed by atoms with van der Waals surface area (Å²) in [6, 6.07) is 6.11. The van der Waals surface area contributed by atoms with E-state index in [0.29, 0.717) is 17.7 Å². The van der Waals surface area contributed by atoms with E-state index in [4.69, 9.17) is 15.7 Å². The minimum Gasteiger partial charge on any atom is -0.476 e. The third-order valence-corrected chi connectivity index (χ3v) is 2.05. The van der Waals surface area contributed by atoms with Crippen LogP contribution in [-0.4, -0.2) is 12.1 Å². The molecular weight excluding hydrogens is 207 g/mol. The maximum atomic E-state index is 13.1. The summed E-state index contributed by atoms with van der Waals surface area (Å²) in [6.45, 7) is 3.47. The molecule has 0 aliphatic heterocycles. The van der Waals surface area contributed by atoms with Crippen LogP contribution in [0.4, 0.5) is 4.39 Å². The highest BCUT2D eigenvalue weighted by Gasteiger charge is 2.10. The van der Waals surface area contributed by atoms with Crippen LogP contribution in [0, 0.1) is 17.1 Å². The number of hydrogen-bond acceptors (Lipinski definition) is 3. The minimum absolute atomic E-state index is 0.0819. The molecule has 2 atom stereocenters. The Morgan fingerprint density at radius 1 is 1.50 bits per heavy atom. The van der Waals surface area contributed by atoms with Crippen molar-refractivity contribution < 1.29 is 9.13 Å². The third-order valence-electron chi connectivity index (χ3n) is 2.05. The van der Waals surface area contributed by atoms with Crippen molar-refractivity contribution in [2.75, 3.05) is 0 Å². The van der Waals surface area contributed by atoms with E-state index in [9.17, 15) is 4.39 Å². The first kappa shape index (κ1) is 12.5. The summed E-state index contributed by atoms with van der Waals surface area (Å²) in [4.78, 5) is 0. The summed E-state index contributed by atoms with van der Waals surface area (Å²) in [5, 5.41) is 8.65. The van der Waals surface area contributed by atoms with Gasteiger partial charge in [-0.3, -0.25) is 0 Å². The van der Waals surface area contributed by atoms with Gasteiger partial charge >= 0.3 is 0 Å². The standard InChI is InChI=1S/C12H15FN2O/c1-8(15)5-10-6-11(13)3-4-12(10)16-9(2)7-14/h3-4,6,8-9H,5,15H2,1-2H3. The highest BCUT2D eigenvalue weighted by Crippen LogP contribution is 2.22. The van der Waals surface area contributed by atoms with Crippen molar-refractivity contribution in [3.8, 4) is 11.8 Å². The average Bonchev–Trinajstić information content (AvgIpc) is 2.21. The Morgan fingerprint density at radius 3 is 2.75 bits per heavy atom. The Kier molecular flexibility index (Phi) is 4.27. The topological polar surface area (TPSA) is 59.0 Å². The summed E-state index contributed by atoms with van der Waals surface area (Å²) < 4.78 is 18.4. The molecule has 0 saturated carbocycles. The van der Waals surface area contributed by atoms with Crippen LogP contribution in [0.2, 0.25) is 0 Å². The molecule has 0 aliphatic carbocycles. The molecular formula is C12H15FN2O.